The molecule has 0 radical (unpaired) electrons. The Labute approximate surface area is 118 Å². The van der Waals surface area contributed by atoms with Crippen LogP contribution in [0.1, 0.15) is 48.5 Å². The average Bonchev–Trinajstić information content (AvgIpc) is 2.64. The first-order chi connectivity index (χ1) is 8.93. The van der Waals surface area contributed by atoms with Crippen molar-refractivity contribution >= 4 is 22.4 Å². The number of aromatic nitrogens is 1. The first-order valence-corrected chi connectivity index (χ1v) is 7.55. The summed E-state index contributed by atoms with van der Waals surface area (Å²) in [7, 11) is 1.41. The van der Waals surface area contributed by atoms with Crippen LogP contribution in [0.3, 0.4) is 0 Å². The van der Waals surface area contributed by atoms with Crippen molar-refractivity contribution in [1.29, 1.82) is 0 Å². The third kappa shape index (κ3) is 3.26. The van der Waals surface area contributed by atoms with E-state index in [4.69, 9.17) is 4.74 Å². The quantitative estimate of drug-likeness (QED) is 0.781. The van der Waals surface area contributed by atoms with Crippen molar-refractivity contribution in [2.75, 3.05) is 25.1 Å². The van der Waals surface area contributed by atoms with E-state index in [9.17, 15) is 4.79 Å². The fourth-order valence-electron chi connectivity index (χ4n) is 2.41. The highest BCUT2D eigenvalue weighted by Crippen LogP contribution is 2.34. The Bertz CT molecular complexity index is 468. The van der Waals surface area contributed by atoms with Crippen molar-refractivity contribution < 1.29 is 9.53 Å². The van der Waals surface area contributed by atoms with Gasteiger partial charge < -0.3 is 9.64 Å². The highest BCUT2D eigenvalue weighted by atomic mass is 32.1. The van der Waals surface area contributed by atoms with E-state index in [1.54, 1.807) is 0 Å². The minimum atomic E-state index is -0.281. The smallest absolute Gasteiger partial charge is 0.350 e. The Balaban J connectivity index is 2.16. The second-order valence-electron chi connectivity index (χ2n) is 5.91. The molecule has 0 saturated carbocycles. The number of anilines is 1. The van der Waals surface area contributed by atoms with Crippen LogP contribution in [-0.2, 0) is 4.74 Å². The van der Waals surface area contributed by atoms with Gasteiger partial charge in [-0.15, -0.1) is 0 Å². The van der Waals surface area contributed by atoms with Gasteiger partial charge in [0.15, 0.2) is 5.13 Å². The molecule has 1 saturated heterocycles. The molecule has 0 spiro atoms. The van der Waals surface area contributed by atoms with E-state index in [1.807, 2.05) is 6.92 Å². The summed E-state index contributed by atoms with van der Waals surface area (Å²) in [6, 6.07) is 0. The van der Waals surface area contributed by atoms with Crippen LogP contribution in [0.2, 0.25) is 0 Å². The lowest BCUT2D eigenvalue weighted by Crippen LogP contribution is -2.24. The SMILES string of the molecule is COC(=O)c1sc(N2CCCC(C)(C)CC2)nc1C. The van der Waals surface area contributed by atoms with Crippen LogP contribution >= 0.6 is 11.3 Å². The number of nitrogens with zero attached hydrogens (tertiary/aromatic N) is 2. The second kappa shape index (κ2) is 5.49. The molecule has 0 N–H and O–H groups in total. The summed E-state index contributed by atoms with van der Waals surface area (Å²) in [4.78, 5) is 19.1. The Morgan fingerprint density at radius 3 is 2.79 bits per heavy atom. The Morgan fingerprint density at radius 1 is 1.37 bits per heavy atom. The van der Waals surface area contributed by atoms with Gasteiger partial charge in [-0.2, -0.15) is 0 Å². The molecule has 19 heavy (non-hydrogen) atoms. The molecule has 0 aliphatic carbocycles. The van der Waals surface area contributed by atoms with E-state index >= 15 is 0 Å². The maximum absolute atomic E-state index is 11.6. The Morgan fingerprint density at radius 2 is 2.11 bits per heavy atom. The second-order valence-corrected chi connectivity index (χ2v) is 6.88. The van der Waals surface area contributed by atoms with Crippen molar-refractivity contribution in [3.8, 4) is 0 Å². The normalized spacial score (nSPS) is 19.1. The molecule has 0 atom stereocenters. The first kappa shape index (κ1) is 14.3. The van der Waals surface area contributed by atoms with Crippen LogP contribution in [0, 0.1) is 12.3 Å². The predicted octanol–water partition coefficient (Wildman–Crippen LogP) is 3.25. The number of carbonyl (C=O) groups is 1. The summed E-state index contributed by atoms with van der Waals surface area (Å²) in [5.41, 5.74) is 1.18. The van der Waals surface area contributed by atoms with Crippen LogP contribution in [0.4, 0.5) is 5.13 Å². The number of methoxy groups -OCH3 is 1. The summed E-state index contributed by atoms with van der Waals surface area (Å²) < 4.78 is 4.79. The molecule has 4 nitrogen and oxygen atoms in total. The minimum absolute atomic E-state index is 0.281. The van der Waals surface area contributed by atoms with Gasteiger partial charge >= 0.3 is 5.97 Å². The number of esters is 1. The molecular weight excluding hydrogens is 260 g/mol. The highest BCUT2D eigenvalue weighted by molar-refractivity contribution is 7.17. The summed E-state index contributed by atoms with van der Waals surface area (Å²) in [6.45, 7) is 8.55. The van der Waals surface area contributed by atoms with Gasteiger partial charge in [-0.05, 0) is 31.6 Å². The standard InChI is InChI=1S/C14H22N2O2S/c1-10-11(12(17)18-4)19-13(15-10)16-8-5-6-14(2,3)7-9-16/h5-9H2,1-4H3. The number of carbonyl (C=O) groups excluding carboxylic acids is 1. The van der Waals surface area contributed by atoms with Crippen LogP contribution < -0.4 is 4.90 Å². The van der Waals surface area contributed by atoms with Gasteiger partial charge in [0.2, 0.25) is 0 Å². The number of ether oxygens (including phenoxy) is 1. The number of thiazole rings is 1. The molecule has 2 heterocycles. The number of hydrogen-bond donors (Lipinski definition) is 0. The third-order valence-electron chi connectivity index (χ3n) is 3.77. The molecule has 1 fully saturated rings. The summed E-state index contributed by atoms with van der Waals surface area (Å²) in [6.07, 6.45) is 3.59. The molecule has 1 aromatic rings. The Kier molecular flexibility index (Phi) is 4.13. The molecule has 1 aromatic heterocycles. The van der Waals surface area contributed by atoms with Crippen molar-refractivity contribution in [3.63, 3.8) is 0 Å². The largest absolute Gasteiger partial charge is 0.465 e. The van der Waals surface area contributed by atoms with Gasteiger partial charge in [0.1, 0.15) is 4.88 Å². The predicted molar refractivity (Wildman–Crippen MR) is 78.0 cm³/mol. The maximum Gasteiger partial charge on any atom is 0.350 e. The van der Waals surface area contributed by atoms with Gasteiger partial charge in [0, 0.05) is 13.1 Å². The maximum atomic E-state index is 11.6. The minimum Gasteiger partial charge on any atom is -0.465 e. The monoisotopic (exact) mass is 282 g/mol. The molecular formula is C14H22N2O2S. The van der Waals surface area contributed by atoms with Gasteiger partial charge in [0.05, 0.1) is 12.8 Å². The lowest BCUT2D eigenvalue weighted by atomic mass is 9.85. The van der Waals surface area contributed by atoms with E-state index in [1.165, 1.54) is 37.7 Å². The third-order valence-corrected chi connectivity index (χ3v) is 4.96. The van der Waals surface area contributed by atoms with Crippen LogP contribution in [0.5, 0.6) is 0 Å². The lowest BCUT2D eigenvalue weighted by molar-refractivity contribution is 0.0605. The zero-order valence-corrected chi connectivity index (χ0v) is 13.0. The summed E-state index contributed by atoms with van der Waals surface area (Å²) in [5, 5.41) is 0.954. The van der Waals surface area contributed by atoms with Gasteiger partial charge in [-0.1, -0.05) is 25.2 Å². The molecule has 2 rings (SSSR count). The average molecular weight is 282 g/mol. The number of hydrogen-bond acceptors (Lipinski definition) is 5. The molecule has 5 heteroatoms. The van der Waals surface area contributed by atoms with E-state index in [2.05, 4.69) is 23.7 Å². The lowest BCUT2D eigenvalue weighted by Gasteiger charge is -2.22. The topological polar surface area (TPSA) is 42.4 Å². The number of aryl methyl sites for hydroxylation is 1. The van der Waals surface area contributed by atoms with Gasteiger partial charge in [-0.25, -0.2) is 9.78 Å². The molecule has 106 valence electrons. The van der Waals surface area contributed by atoms with Crippen molar-refractivity contribution in [1.82, 2.24) is 4.98 Å². The van der Waals surface area contributed by atoms with Crippen molar-refractivity contribution in [3.05, 3.63) is 10.6 Å². The first-order valence-electron chi connectivity index (χ1n) is 6.74. The summed E-state index contributed by atoms with van der Waals surface area (Å²) >= 11 is 1.45. The molecule has 0 amide bonds. The molecule has 0 bridgehead atoms. The summed E-state index contributed by atoms with van der Waals surface area (Å²) in [5.74, 6) is -0.281. The fourth-order valence-corrected chi connectivity index (χ4v) is 3.45. The van der Waals surface area contributed by atoms with E-state index < -0.39 is 0 Å². The van der Waals surface area contributed by atoms with E-state index in [-0.39, 0.29) is 5.97 Å². The Hall–Kier alpha value is -1.10. The fraction of sp³-hybridized carbons (Fsp3) is 0.714. The molecule has 1 aliphatic heterocycles. The zero-order chi connectivity index (χ0) is 14.0. The van der Waals surface area contributed by atoms with E-state index in [0.717, 1.165) is 23.9 Å². The molecule has 0 aromatic carbocycles. The highest BCUT2D eigenvalue weighted by Gasteiger charge is 2.25. The molecule has 0 unspecified atom stereocenters. The van der Waals surface area contributed by atoms with Gasteiger partial charge in [0.25, 0.3) is 0 Å². The van der Waals surface area contributed by atoms with E-state index in [0.29, 0.717) is 10.3 Å². The van der Waals surface area contributed by atoms with Crippen LogP contribution in [-0.4, -0.2) is 31.2 Å². The van der Waals surface area contributed by atoms with Gasteiger partial charge in [-0.3, -0.25) is 0 Å². The van der Waals surface area contributed by atoms with Crippen LogP contribution in [0.25, 0.3) is 0 Å². The molecule has 1 aliphatic rings. The van der Waals surface area contributed by atoms with Crippen LogP contribution in [0.15, 0.2) is 0 Å². The van der Waals surface area contributed by atoms with Crippen molar-refractivity contribution in [2.24, 2.45) is 5.41 Å². The zero-order valence-electron chi connectivity index (χ0n) is 12.2. The van der Waals surface area contributed by atoms with Crippen molar-refractivity contribution in [2.45, 2.75) is 40.0 Å². The number of rotatable bonds is 2.